The average molecular weight is 341 g/mol. The summed E-state index contributed by atoms with van der Waals surface area (Å²) >= 11 is 1.48. The standard InChI is InChI=1S/C16H20FNO4S/c1-11(10-23-13-4-2-12(17)3-5-13)14(19)18-8-6-16(22,7-9-18)15(20)21/h2-5,11,22H,6-10H2,1H3,(H,20,21). The molecule has 0 saturated carbocycles. The van der Waals surface area contributed by atoms with E-state index in [-0.39, 0.29) is 43.6 Å². The number of thioether (sulfide) groups is 1. The number of hydrogen-bond acceptors (Lipinski definition) is 4. The molecule has 0 radical (unpaired) electrons. The second-order valence-electron chi connectivity index (χ2n) is 5.83. The fourth-order valence-electron chi connectivity index (χ4n) is 2.45. The zero-order valence-electron chi connectivity index (χ0n) is 12.9. The predicted octanol–water partition coefficient (Wildman–Crippen LogP) is 1.99. The van der Waals surface area contributed by atoms with Gasteiger partial charge in [-0.1, -0.05) is 6.92 Å². The van der Waals surface area contributed by atoms with Gasteiger partial charge in [0.05, 0.1) is 0 Å². The van der Waals surface area contributed by atoms with E-state index >= 15 is 0 Å². The molecule has 1 aromatic rings. The number of benzene rings is 1. The maximum Gasteiger partial charge on any atom is 0.335 e. The number of hydrogen-bond donors (Lipinski definition) is 2. The van der Waals surface area contributed by atoms with Gasteiger partial charge in [-0.3, -0.25) is 4.79 Å². The van der Waals surface area contributed by atoms with Crippen LogP contribution >= 0.6 is 11.8 Å². The molecule has 0 bridgehead atoms. The van der Waals surface area contributed by atoms with E-state index in [9.17, 15) is 19.1 Å². The van der Waals surface area contributed by atoms with Crippen LogP contribution in [0.25, 0.3) is 0 Å². The lowest BCUT2D eigenvalue weighted by Crippen LogP contribution is -2.51. The Morgan fingerprint density at radius 2 is 1.87 bits per heavy atom. The minimum Gasteiger partial charge on any atom is -0.479 e. The number of carbonyl (C=O) groups excluding carboxylic acids is 1. The SMILES string of the molecule is CC(CSc1ccc(F)cc1)C(=O)N1CCC(O)(C(=O)O)CC1. The van der Waals surface area contributed by atoms with Crippen molar-refractivity contribution in [3.63, 3.8) is 0 Å². The number of carboxylic acids is 1. The lowest BCUT2D eigenvalue weighted by molar-refractivity contribution is -0.165. The highest BCUT2D eigenvalue weighted by Crippen LogP contribution is 2.26. The summed E-state index contributed by atoms with van der Waals surface area (Å²) in [4.78, 5) is 25.9. The monoisotopic (exact) mass is 341 g/mol. The molecule has 1 saturated heterocycles. The van der Waals surface area contributed by atoms with Gasteiger partial charge in [0.15, 0.2) is 5.60 Å². The van der Waals surface area contributed by atoms with Crippen molar-refractivity contribution < 1.29 is 24.2 Å². The van der Waals surface area contributed by atoms with Gasteiger partial charge in [-0.15, -0.1) is 11.8 Å². The number of halogens is 1. The minimum absolute atomic E-state index is 0.0475. The summed E-state index contributed by atoms with van der Waals surface area (Å²) in [5, 5.41) is 18.9. The summed E-state index contributed by atoms with van der Waals surface area (Å²) in [6.07, 6.45) is 0.0950. The van der Waals surface area contributed by atoms with Crippen molar-refractivity contribution in [2.75, 3.05) is 18.8 Å². The van der Waals surface area contributed by atoms with Crippen LogP contribution in [0.4, 0.5) is 4.39 Å². The Morgan fingerprint density at radius 1 is 1.30 bits per heavy atom. The smallest absolute Gasteiger partial charge is 0.335 e. The third kappa shape index (κ3) is 4.45. The minimum atomic E-state index is -1.72. The molecule has 1 aliphatic rings. The lowest BCUT2D eigenvalue weighted by atomic mass is 9.91. The van der Waals surface area contributed by atoms with Gasteiger partial charge in [0.25, 0.3) is 0 Å². The zero-order chi connectivity index (χ0) is 17.0. The molecule has 1 heterocycles. The summed E-state index contributed by atoms with van der Waals surface area (Å²) in [6, 6.07) is 6.11. The lowest BCUT2D eigenvalue weighted by Gasteiger charge is -2.36. The third-order valence-corrected chi connectivity index (χ3v) is 5.31. The van der Waals surface area contributed by atoms with Crippen molar-refractivity contribution in [1.82, 2.24) is 4.90 Å². The van der Waals surface area contributed by atoms with E-state index in [1.807, 2.05) is 6.92 Å². The van der Waals surface area contributed by atoms with Crippen LogP contribution in [-0.2, 0) is 9.59 Å². The maximum atomic E-state index is 12.8. The van der Waals surface area contributed by atoms with Gasteiger partial charge < -0.3 is 15.1 Å². The van der Waals surface area contributed by atoms with Crippen LogP contribution in [-0.4, -0.2) is 51.4 Å². The average Bonchev–Trinajstić information content (AvgIpc) is 2.54. The highest BCUT2D eigenvalue weighted by molar-refractivity contribution is 7.99. The Kier molecular flexibility index (Phi) is 5.64. The van der Waals surface area contributed by atoms with Gasteiger partial charge >= 0.3 is 5.97 Å². The largest absolute Gasteiger partial charge is 0.479 e. The fourth-order valence-corrected chi connectivity index (χ4v) is 3.36. The van der Waals surface area contributed by atoms with Gasteiger partial charge in [0.2, 0.25) is 5.91 Å². The molecule has 0 aliphatic carbocycles. The number of amides is 1. The molecule has 1 fully saturated rings. The molecular weight excluding hydrogens is 321 g/mol. The van der Waals surface area contributed by atoms with Crippen molar-refractivity contribution >= 4 is 23.6 Å². The van der Waals surface area contributed by atoms with Crippen molar-refractivity contribution in [1.29, 1.82) is 0 Å². The van der Waals surface area contributed by atoms with Crippen molar-refractivity contribution in [3.05, 3.63) is 30.1 Å². The number of carbonyl (C=O) groups is 2. The Morgan fingerprint density at radius 3 is 2.39 bits per heavy atom. The van der Waals surface area contributed by atoms with Crippen LogP contribution in [0.5, 0.6) is 0 Å². The molecule has 1 atom stereocenters. The molecule has 126 valence electrons. The zero-order valence-corrected chi connectivity index (χ0v) is 13.7. The maximum absolute atomic E-state index is 12.8. The van der Waals surface area contributed by atoms with Crippen LogP contribution in [0.2, 0.25) is 0 Å². The van der Waals surface area contributed by atoms with Crippen molar-refractivity contribution in [2.45, 2.75) is 30.3 Å². The molecule has 1 unspecified atom stereocenters. The van der Waals surface area contributed by atoms with Gasteiger partial charge in [0.1, 0.15) is 5.82 Å². The van der Waals surface area contributed by atoms with Crippen LogP contribution in [0.1, 0.15) is 19.8 Å². The quantitative estimate of drug-likeness (QED) is 0.801. The first kappa shape index (κ1) is 17.7. The molecule has 0 aromatic heterocycles. The van der Waals surface area contributed by atoms with Crippen molar-refractivity contribution in [2.24, 2.45) is 5.92 Å². The number of carboxylic acid groups (broad SMARTS) is 1. The van der Waals surface area contributed by atoms with Gasteiger partial charge in [0, 0.05) is 42.5 Å². The van der Waals surface area contributed by atoms with Crippen LogP contribution < -0.4 is 0 Å². The summed E-state index contributed by atoms with van der Waals surface area (Å²) in [5.74, 6) is -1.25. The van der Waals surface area contributed by atoms with Gasteiger partial charge in [-0.2, -0.15) is 0 Å². The second-order valence-corrected chi connectivity index (χ2v) is 6.92. The molecule has 7 heteroatoms. The predicted molar refractivity (Wildman–Crippen MR) is 84.7 cm³/mol. The first-order chi connectivity index (χ1) is 10.8. The molecule has 2 rings (SSSR count). The first-order valence-corrected chi connectivity index (χ1v) is 8.43. The number of rotatable bonds is 5. The van der Waals surface area contributed by atoms with E-state index in [4.69, 9.17) is 5.11 Å². The summed E-state index contributed by atoms with van der Waals surface area (Å²) in [7, 11) is 0. The van der Waals surface area contributed by atoms with E-state index in [1.54, 1.807) is 17.0 Å². The number of nitrogens with zero attached hydrogens (tertiary/aromatic N) is 1. The summed E-state index contributed by atoms with van der Waals surface area (Å²) in [5.41, 5.74) is -1.72. The Hall–Kier alpha value is -1.60. The summed E-state index contributed by atoms with van der Waals surface area (Å²) in [6.45, 7) is 2.30. The molecule has 0 spiro atoms. The number of piperidine rings is 1. The highest BCUT2D eigenvalue weighted by atomic mass is 32.2. The van der Waals surface area contributed by atoms with Crippen LogP contribution in [0, 0.1) is 11.7 Å². The second kappa shape index (κ2) is 7.31. The fraction of sp³-hybridized carbons (Fsp3) is 0.500. The van der Waals surface area contributed by atoms with E-state index in [2.05, 4.69) is 0 Å². The molecule has 23 heavy (non-hydrogen) atoms. The molecule has 1 amide bonds. The van der Waals surface area contributed by atoms with E-state index in [0.29, 0.717) is 5.75 Å². The Balaban J connectivity index is 1.83. The van der Waals surface area contributed by atoms with Crippen LogP contribution in [0.15, 0.2) is 29.2 Å². The van der Waals surface area contributed by atoms with E-state index < -0.39 is 11.6 Å². The van der Waals surface area contributed by atoms with Gasteiger partial charge in [-0.25, -0.2) is 9.18 Å². The molecular formula is C16H20FNO4S. The molecule has 1 aliphatic heterocycles. The van der Waals surface area contributed by atoms with Crippen molar-refractivity contribution in [3.8, 4) is 0 Å². The third-order valence-electron chi connectivity index (χ3n) is 4.04. The molecule has 1 aromatic carbocycles. The number of likely N-dealkylation sites (tertiary alicyclic amines) is 1. The summed E-state index contributed by atoms with van der Waals surface area (Å²) < 4.78 is 12.8. The topological polar surface area (TPSA) is 77.8 Å². The van der Waals surface area contributed by atoms with E-state index in [0.717, 1.165) is 4.90 Å². The van der Waals surface area contributed by atoms with Crippen LogP contribution in [0.3, 0.4) is 0 Å². The number of aliphatic hydroxyl groups is 1. The van der Waals surface area contributed by atoms with Gasteiger partial charge in [-0.05, 0) is 24.3 Å². The Labute approximate surface area is 138 Å². The first-order valence-electron chi connectivity index (χ1n) is 7.45. The molecule has 2 N–H and O–H groups in total. The number of aliphatic carboxylic acids is 1. The molecule has 5 nitrogen and oxygen atoms in total. The highest BCUT2D eigenvalue weighted by Gasteiger charge is 2.40. The normalized spacial score (nSPS) is 18.5. The Bertz CT molecular complexity index is 570. The van der Waals surface area contributed by atoms with E-state index in [1.165, 1.54) is 23.9 Å².